The van der Waals surface area contributed by atoms with Crippen LogP contribution in [-0.4, -0.2) is 23.1 Å². The molecule has 0 spiro atoms. The fourth-order valence-electron chi connectivity index (χ4n) is 1.47. The molecule has 0 saturated heterocycles. The normalized spacial score (nSPS) is 8.81. The Hall–Kier alpha value is 0.426. The van der Waals surface area contributed by atoms with E-state index in [0.29, 0.717) is 10.0 Å². The third kappa shape index (κ3) is 8.58. The van der Waals surface area contributed by atoms with Crippen LogP contribution < -0.4 is 12.4 Å². The van der Waals surface area contributed by atoms with Crippen molar-refractivity contribution in [2.24, 2.45) is 0 Å². The van der Waals surface area contributed by atoms with Crippen LogP contribution in [0.4, 0.5) is 0 Å². The van der Waals surface area contributed by atoms with Crippen molar-refractivity contribution in [3.8, 4) is 0 Å². The molecule has 0 unspecified atom stereocenters. The van der Waals surface area contributed by atoms with Crippen LogP contribution in [0.15, 0.2) is 36.4 Å². The zero-order valence-electron chi connectivity index (χ0n) is 12.1. The van der Waals surface area contributed by atoms with Crippen molar-refractivity contribution in [3.05, 3.63) is 75.6 Å². The summed E-state index contributed by atoms with van der Waals surface area (Å²) in [6.07, 6.45) is 0. The second-order valence-corrected chi connectivity index (χ2v) is 5.70. The summed E-state index contributed by atoms with van der Waals surface area (Å²) >= 11 is 14.7. The zero-order chi connectivity index (χ0) is 14.4. The summed E-state index contributed by atoms with van der Waals surface area (Å²) in [7, 11) is 0. The quantitative estimate of drug-likeness (QED) is 0.379. The van der Waals surface area contributed by atoms with Gasteiger partial charge >= 0.3 is 23.1 Å². The van der Waals surface area contributed by atoms with Crippen LogP contribution in [0.25, 0.3) is 0 Å². The summed E-state index contributed by atoms with van der Waals surface area (Å²) in [4.78, 5) is 0. The predicted octanol–water partition coefficient (Wildman–Crippen LogP) is 3.00. The molecule has 0 aliphatic rings. The molecule has 110 valence electrons. The first-order chi connectivity index (χ1) is 8.93. The van der Waals surface area contributed by atoms with Gasteiger partial charge < -0.3 is 12.4 Å². The Morgan fingerprint density at radius 3 is 2.10 bits per heavy atom. The molecule has 0 N–H and O–H groups in total. The molecule has 2 aromatic carbocycles. The molecule has 0 amide bonds. The van der Waals surface area contributed by atoms with Crippen LogP contribution in [0.1, 0.15) is 22.3 Å². The topological polar surface area (TPSA) is 0 Å². The third-order valence-electron chi connectivity index (χ3n) is 2.66. The summed E-state index contributed by atoms with van der Waals surface area (Å²) < 4.78 is 0. The van der Waals surface area contributed by atoms with Gasteiger partial charge in [-0.25, -0.2) is 0 Å². The smallest absolute Gasteiger partial charge is 1.00 e. The molecule has 2 aromatic rings. The Morgan fingerprint density at radius 1 is 1.05 bits per heavy atom. The minimum atomic E-state index is 0. The van der Waals surface area contributed by atoms with E-state index in [1.807, 2.05) is 0 Å². The second kappa shape index (κ2) is 11.9. The van der Waals surface area contributed by atoms with E-state index >= 15 is 0 Å². The summed E-state index contributed by atoms with van der Waals surface area (Å²) in [5.74, 6) is 0. The van der Waals surface area contributed by atoms with Crippen LogP contribution in [0.5, 0.6) is 0 Å². The Bertz CT molecular complexity index is 559. The van der Waals surface area contributed by atoms with Gasteiger partial charge in [0.1, 0.15) is 0 Å². The van der Waals surface area contributed by atoms with Crippen LogP contribution in [0.2, 0.25) is 10.0 Å². The first-order valence-corrected chi connectivity index (χ1v) is 7.71. The number of aryl methyl sites for hydroxylation is 2. The number of hydrogen-bond donors (Lipinski definition) is 0. The van der Waals surface area contributed by atoms with E-state index in [-0.39, 0.29) is 35.5 Å². The van der Waals surface area contributed by atoms with Crippen molar-refractivity contribution >= 4 is 62.2 Å². The van der Waals surface area contributed by atoms with Crippen molar-refractivity contribution in [2.75, 3.05) is 0 Å². The number of hydrogen-bond acceptors (Lipinski definition) is 0. The van der Waals surface area contributed by atoms with Crippen LogP contribution in [0.3, 0.4) is 0 Å². The van der Waals surface area contributed by atoms with Gasteiger partial charge in [-0.05, 0) is 25.0 Å². The molecule has 0 aliphatic heterocycles. The molecule has 0 heterocycles. The van der Waals surface area contributed by atoms with E-state index in [0.717, 1.165) is 10.9 Å². The Kier molecular flexibility index (Phi) is 13.5. The Balaban J connectivity index is 0. The van der Waals surface area contributed by atoms with E-state index in [1.165, 1.54) is 16.7 Å². The van der Waals surface area contributed by atoms with Crippen LogP contribution in [-0.2, 0) is 5.33 Å². The van der Waals surface area contributed by atoms with Crippen molar-refractivity contribution in [2.45, 2.75) is 19.2 Å². The molecule has 0 nitrogen and oxygen atoms in total. The number of benzene rings is 2. The number of rotatable bonds is 1. The van der Waals surface area contributed by atoms with E-state index in [1.54, 1.807) is 18.2 Å². The largest absolute Gasteiger partial charge is 2.00 e. The molecule has 0 bridgehead atoms. The Labute approximate surface area is 168 Å². The first-order valence-electron chi connectivity index (χ1n) is 5.83. The molecule has 5 heteroatoms. The van der Waals surface area contributed by atoms with Crippen molar-refractivity contribution < 1.29 is 12.4 Å². The average molecular weight is 419 g/mol. The molecule has 0 aromatic heterocycles. The van der Waals surface area contributed by atoms with Gasteiger partial charge in [-0.15, -0.1) is 0 Å². The second-order valence-electron chi connectivity index (χ2n) is 4.30. The SMILES string of the molecule is Cc1ccc(C)c(CBr)c1.[CH2-]c1ccc(Cl)cc1Cl.[Cl-].[Mg+2]. The third-order valence-corrected chi connectivity index (χ3v) is 3.85. The average Bonchev–Trinajstić information content (AvgIpc) is 2.38. The van der Waals surface area contributed by atoms with E-state index < -0.39 is 0 Å². The van der Waals surface area contributed by atoms with Crippen LogP contribution in [0, 0.1) is 20.8 Å². The summed E-state index contributed by atoms with van der Waals surface area (Å²) in [5.41, 5.74) is 4.89. The van der Waals surface area contributed by atoms with Crippen molar-refractivity contribution in [1.82, 2.24) is 0 Å². The molecule has 0 saturated carbocycles. The minimum absolute atomic E-state index is 0. The maximum Gasteiger partial charge on any atom is 2.00 e. The molecule has 21 heavy (non-hydrogen) atoms. The standard InChI is InChI=1S/C9H11Br.C7H5Cl2.ClH.Mg/c1-7-3-4-8(2)9(5-7)6-10;1-5-2-3-6(8)4-7(5)9;;/h3-5H,6H2,1-2H3;2-4H,1H2;1H;/q;-1;;+2/p-1. The van der Waals surface area contributed by atoms with Gasteiger partial charge in [0.2, 0.25) is 0 Å². The summed E-state index contributed by atoms with van der Waals surface area (Å²) in [5, 5.41) is 2.22. The molecule has 0 fully saturated rings. The molecule has 0 radical (unpaired) electrons. The van der Waals surface area contributed by atoms with Gasteiger partial charge in [0.05, 0.1) is 0 Å². The van der Waals surface area contributed by atoms with E-state index in [9.17, 15) is 0 Å². The fraction of sp³-hybridized carbons (Fsp3) is 0.188. The molecular weight excluding hydrogens is 403 g/mol. The van der Waals surface area contributed by atoms with Crippen LogP contribution >= 0.6 is 39.1 Å². The van der Waals surface area contributed by atoms with Gasteiger partial charge in [0.25, 0.3) is 0 Å². The van der Waals surface area contributed by atoms with E-state index in [2.05, 4.69) is 54.9 Å². The van der Waals surface area contributed by atoms with E-state index in [4.69, 9.17) is 23.2 Å². The van der Waals surface area contributed by atoms with Crippen molar-refractivity contribution in [1.29, 1.82) is 0 Å². The molecule has 0 atom stereocenters. The predicted molar refractivity (Wildman–Crippen MR) is 95.2 cm³/mol. The monoisotopic (exact) mass is 416 g/mol. The maximum atomic E-state index is 5.67. The van der Waals surface area contributed by atoms with Gasteiger partial charge in [-0.2, -0.15) is 30.2 Å². The number of alkyl halides is 1. The summed E-state index contributed by atoms with van der Waals surface area (Å²) in [6.45, 7) is 7.92. The van der Waals surface area contributed by atoms with Gasteiger partial charge in [0, 0.05) is 10.4 Å². The van der Waals surface area contributed by atoms with Crippen molar-refractivity contribution in [3.63, 3.8) is 0 Å². The van der Waals surface area contributed by atoms with Gasteiger partial charge in [-0.3, -0.25) is 0 Å². The first kappa shape index (κ1) is 23.7. The van der Waals surface area contributed by atoms with Gasteiger partial charge in [-0.1, -0.05) is 68.4 Å². The van der Waals surface area contributed by atoms with Gasteiger partial charge in [0.15, 0.2) is 0 Å². The zero-order valence-corrected chi connectivity index (χ0v) is 17.4. The summed E-state index contributed by atoms with van der Waals surface area (Å²) in [6, 6.07) is 11.7. The number of halogens is 4. The molecule has 2 rings (SSSR count). The minimum Gasteiger partial charge on any atom is -1.00 e. The molecule has 0 aliphatic carbocycles. The molecular formula is C16H16BrCl3Mg. The fourth-order valence-corrected chi connectivity index (χ4v) is 2.48. The maximum absolute atomic E-state index is 5.67. The Morgan fingerprint density at radius 2 is 1.67 bits per heavy atom.